The van der Waals surface area contributed by atoms with Crippen molar-refractivity contribution in [1.82, 2.24) is 9.80 Å². The zero-order chi connectivity index (χ0) is 32.2. The number of aliphatic hydroxyl groups is 1. The van der Waals surface area contributed by atoms with Crippen molar-refractivity contribution in [2.24, 2.45) is 11.8 Å². The third-order valence-electron chi connectivity index (χ3n) is 10.2. The van der Waals surface area contributed by atoms with Crippen molar-refractivity contribution in [1.29, 1.82) is 0 Å². The summed E-state index contributed by atoms with van der Waals surface area (Å²) in [6, 6.07) is 23.6. The van der Waals surface area contributed by atoms with Crippen molar-refractivity contribution in [3.8, 4) is 0 Å². The standard InChI is InChI=1S/C38H39N3O4S/c1-25-13-10-14-26(2)32(25)40-22-12-20-38-31(35(44)41(33(38)36(40)45)29(24-42)28-17-8-5-9-18-28)30-34(43)39(21-11-19-37(30,3)46-38)23-27-15-6-4-7-16-27/h4-20,29-31,33,42H,21-24H2,1-3H3/t29-,30+,31+,33?,37-,38+/m1/s1. The van der Waals surface area contributed by atoms with Crippen molar-refractivity contribution in [2.75, 3.05) is 24.6 Å². The molecule has 0 aliphatic carbocycles. The van der Waals surface area contributed by atoms with Gasteiger partial charge >= 0.3 is 0 Å². The number of fused-ring (bicyclic) bond motifs is 2. The van der Waals surface area contributed by atoms with Crippen LogP contribution in [0.1, 0.15) is 35.2 Å². The predicted octanol–water partition coefficient (Wildman–Crippen LogP) is 5.23. The van der Waals surface area contributed by atoms with Crippen LogP contribution in [0, 0.1) is 25.7 Å². The summed E-state index contributed by atoms with van der Waals surface area (Å²) in [5.41, 5.74) is 4.54. The van der Waals surface area contributed by atoms with Gasteiger partial charge in [0.2, 0.25) is 11.8 Å². The highest BCUT2D eigenvalue weighted by Crippen LogP contribution is 2.66. The van der Waals surface area contributed by atoms with Crippen LogP contribution in [0.2, 0.25) is 0 Å². The van der Waals surface area contributed by atoms with Gasteiger partial charge in [0.15, 0.2) is 0 Å². The lowest BCUT2D eigenvalue weighted by molar-refractivity contribution is -0.145. The van der Waals surface area contributed by atoms with Crippen LogP contribution < -0.4 is 4.90 Å². The number of carbonyl (C=O) groups is 3. The molecule has 3 aromatic rings. The summed E-state index contributed by atoms with van der Waals surface area (Å²) in [5.74, 6) is -2.04. The summed E-state index contributed by atoms with van der Waals surface area (Å²) >= 11 is 1.56. The Balaban J connectivity index is 1.38. The number of thioether (sulfide) groups is 1. The maximum absolute atomic E-state index is 15.1. The van der Waals surface area contributed by atoms with Gasteiger partial charge in [-0.3, -0.25) is 14.4 Å². The molecule has 4 aliphatic heterocycles. The Kier molecular flexibility index (Phi) is 7.68. The van der Waals surface area contributed by atoms with Crippen LogP contribution in [0.25, 0.3) is 0 Å². The monoisotopic (exact) mass is 633 g/mol. The molecule has 1 N–H and O–H groups in total. The number of rotatable bonds is 6. The lowest BCUT2D eigenvalue weighted by atomic mass is 9.74. The molecule has 4 heterocycles. The van der Waals surface area contributed by atoms with Gasteiger partial charge in [-0.25, -0.2) is 0 Å². The molecule has 2 fully saturated rings. The van der Waals surface area contributed by atoms with Gasteiger partial charge in [-0.15, -0.1) is 11.8 Å². The predicted molar refractivity (Wildman–Crippen MR) is 181 cm³/mol. The minimum Gasteiger partial charge on any atom is -0.394 e. The number of para-hydroxylation sites is 1. The van der Waals surface area contributed by atoms with Crippen molar-refractivity contribution in [3.63, 3.8) is 0 Å². The Morgan fingerprint density at radius 3 is 2.13 bits per heavy atom. The fourth-order valence-corrected chi connectivity index (χ4v) is 10.4. The maximum Gasteiger partial charge on any atom is 0.251 e. The number of benzene rings is 3. The first-order valence-electron chi connectivity index (χ1n) is 15.9. The minimum absolute atomic E-state index is 0.0864. The molecule has 6 atom stereocenters. The van der Waals surface area contributed by atoms with E-state index in [1.54, 1.807) is 21.6 Å². The average Bonchev–Trinajstić information content (AvgIpc) is 3.32. The van der Waals surface area contributed by atoms with Gasteiger partial charge < -0.3 is 19.8 Å². The number of carbonyl (C=O) groups excluding carboxylic acids is 3. The number of hydrogen-bond donors (Lipinski definition) is 1. The molecule has 2 saturated heterocycles. The molecule has 236 valence electrons. The van der Waals surface area contributed by atoms with Gasteiger partial charge in [-0.2, -0.15) is 0 Å². The van der Waals surface area contributed by atoms with Crippen molar-refractivity contribution >= 4 is 35.2 Å². The molecule has 1 spiro atoms. The Labute approximate surface area is 274 Å². The number of likely N-dealkylation sites (tertiary alicyclic amines) is 1. The van der Waals surface area contributed by atoms with E-state index in [9.17, 15) is 9.90 Å². The molecule has 8 heteroatoms. The highest BCUT2D eigenvalue weighted by atomic mass is 32.2. The van der Waals surface area contributed by atoms with E-state index >= 15 is 9.59 Å². The highest BCUT2D eigenvalue weighted by molar-refractivity contribution is 8.02. The van der Waals surface area contributed by atoms with Crippen molar-refractivity contribution in [2.45, 2.75) is 48.9 Å². The largest absolute Gasteiger partial charge is 0.394 e. The molecule has 3 aromatic carbocycles. The average molecular weight is 634 g/mol. The van der Waals surface area contributed by atoms with Gasteiger partial charge in [0.1, 0.15) is 6.04 Å². The molecular formula is C38H39N3O4S. The molecule has 1 unspecified atom stereocenters. The minimum atomic E-state index is -1.02. The molecule has 46 heavy (non-hydrogen) atoms. The fraction of sp³-hybridized carbons (Fsp3) is 0.342. The second-order valence-electron chi connectivity index (χ2n) is 13.1. The Morgan fingerprint density at radius 1 is 0.804 bits per heavy atom. The van der Waals surface area contributed by atoms with E-state index < -0.39 is 33.4 Å². The summed E-state index contributed by atoms with van der Waals surface area (Å²) in [7, 11) is 0. The Hall–Kier alpha value is -4.14. The van der Waals surface area contributed by atoms with E-state index in [4.69, 9.17) is 0 Å². The number of nitrogens with zero attached hydrogens (tertiary/aromatic N) is 3. The second-order valence-corrected chi connectivity index (χ2v) is 14.8. The number of amides is 3. The van der Waals surface area contributed by atoms with E-state index in [0.29, 0.717) is 19.6 Å². The summed E-state index contributed by atoms with van der Waals surface area (Å²) in [5, 5.41) is 10.9. The first-order valence-corrected chi connectivity index (χ1v) is 16.8. The quantitative estimate of drug-likeness (QED) is 0.377. The summed E-state index contributed by atoms with van der Waals surface area (Å²) < 4.78 is -1.73. The van der Waals surface area contributed by atoms with Crippen LogP contribution in [0.4, 0.5) is 5.69 Å². The smallest absolute Gasteiger partial charge is 0.251 e. The molecule has 0 aromatic heterocycles. The first kappa shape index (κ1) is 30.5. The fourth-order valence-electron chi connectivity index (χ4n) is 8.25. The third kappa shape index (κ3) is 4.64. The maximum atomic E-state index is 15.1. The zero-order valence-electron chi connectivity index (χ0n) is 26.4. The van der Waals surface area contributed by atoms with Gasteiger partial charge in [0, 0.05) is 30.1 Å². The Morgan fingerprint density at radius 2 is 1.46 bits per heavy atom. The molecule has 0 bridgehead atoms. The van der Waals surface area contributed by atoms with E-state index in [-0.39, 0.29) is 24.3 Å². The summed E-state index contributed by atoms with van der Waals surface area (Å²) in [6.07, 6.45) is 8.16. The number of aryl methyl sites for hydroxylation is 2. The molecule has 7 rings (SSSR count). The van der Waals surface area contributed by atoms with E-state index in [0.717, 1.165) is 27.9 Å². The Bertz CT molecular complexity index is 1720. The van der Waals surface area contributed by atoms with Crippen LogP contribution in [-0.4, -0.2) is 67.9 Å². The van der Waals surface area contributed by atoms with Gasteiger partial charge in [0.05, 0.1) is 29.2 Å². The SMILES string of the molecule is Cc1cccc(C)c1N1CC=C[C@]23S[C@]4(C)C=CCN(Cc5ccccc5)C(=O)[C@@H]4[C@H]2C(=O)N([C@H](CO)c2ccccc2)C3C1=O. The van der Waals surface area contributed by atoms with Crippen molar-refractivity contribution in [3.05, 3.63) is 125 Å². The number of anilines is 1. The zero-order valence-corrected chi connectivity index (χ0v) is 27.2. The van der Waals surface area contributed by atoms with Crippen LogP contribution in [0.5, 0.6) is 0 Å². The summed E-state index contributed by atoms with van der Waals surface area (Å²) in [6.45, 7) is 6.90. The van der Waals surface area contributed by atoms with E-state index in [1.807, 2.05) is 123 Å². The van der Waals surface area contributed by atoms with Gasteiger partial charge in [-0.1, -0.05) is 103 Å². The molecule has 7 nitrogen and oxygen atoms in total. The highest BCUT2D eigenvalue weighted by Gasteiger charge is 2.74. The summed E-state index contributed by atoms with van der Waals surface area (Å²) in [4.78, 5) is 50.1. The van der Waals surface area contributed by atoms with Crippen LogP contribution >= 0.6 is 11.8 Å². The second kappa shape index (κ2) is 11.6. The van der Waals surface area contributed by atoms with Gasteiger partial charge in [-0.05, 0) is 43.0 Å². The van der Waals surface area contributed by atoms with E-state index in [1.165, 1.54) is 0 Å². The molecule has 3 amide bonds. The molecule has 4 aliphatic rings. The van der Waals surface area contributed by atoms with E-state index in [2.05, 4.69) is 6.08 Å². The van der Waals surface area contributed by atoms with Gasteiger partial charge in [0.25, 0.3) is 5.91 Å². The topological polar surface area (TPSA) is 81.2 Å². The normalized spacial score (nSPS) is 29.3. The van der Waals surface area contributed by atoms with Crippen LogP contribution in [-0.2, 0) is 20.9 Å². The number of aliphatic hydroxyl groups excluding tert-OH is 1. The van der Waals surface area contributed by atoms with Crippen molar-refractivity contribution < 1.29 is 19.5 Å². The lowest BCUT2D eigenvalue weighted by Crippen LogP contribution is -2.55. The molecule has 0 radical (unpaired) electrons. The van der Waals surface area contributed by atoms with Crippen LogP contribution in [0.3, 0.4) is 0 Å². The number of hydrogen-bond acceptors (Lipinski definition) is 5. The lowest BCUT2D eigenvalue weighted by Gasteiger charge is -2.40. The molecular weight excluding hydrogens is 595 g/mol. The molecule has 0 saturated carbocycles. The first-order chi connectivity index (χ1) is 22.2. The third-order valence-corrected chi connectivity index (χ3v) is 12.0. The van der Waals surface area contributed by atoms with Crippen LogP contribution in [0.15, 0.2) is 103 Å².